The second-order valence-electron chi connectivity index (χ2n) is 8.66. The average molecular weight is 486 g/mol. The maximum absolute atomic E-state index is 13.8. The second-order valence-corrected chi connectivity index (χ2v) is 9.07. The molecule has 1 aliphatic rings. The van der Waals surface area contributed by atoms with E-state index in [0.717, 1.165) is 16.0 Å². The summed E-state index contributed by atoms with van der Waals surface area (Å²) in [6.45, 7) is 1.33. The summed E-state index contributed by atoms with van der Waals surface area (Å²) in [4.78, 5) is 25.7. The summed E-state index contributed by atoms with van der Waals surface area (Å²) < 4.78 is 33.5. The van der Waals surface area contributed by atoms with Crippen molar-refractivity contribution >= 4 is 23.5 Å². The molecule has 3 aromatic carbocycles. The Hall–Kier alpha value is -3.45. The number of rotatable bonds is 7. The zero-order valence-corrected chi connectivity index (χ0v) is 19.1. The van der Waals surface area contributed by atoms with Crippen molar-refractivity contribution in [3.05, 3.63) is 99.6 Å². The summed E-state index contributed by atoms with van der Waals surface area (Å²) in [5.41, 5.74) is 1.68. The molecule has 0 spiro atoms. The van der Waals surface area contributed by atoms with Gasteiger partial charge in [0.1, 0.15) is 29.5 Å². The number of benzene rings is 3. The van der Waals surface area contributed by atoms with Gasteiger partial charge in [-0.1, -0.05) is 29.8 Å². The Labute approximate surface area is 200 Å². The molecule has 0 fully saturated rings. The Balaban J connectivity index is 1.53. The maximum Gasteiger partial charge on any atom is 0.323 e. The zero-order valence-electron chi connectivity index (χ0n) is 18.4. The molecule has 1 heterocycles. The van der Waals surface area contributed by atoms with E-state index in [0.29, 0.717) is 29.7 Å². The molecule has 0 saturated heterocycles. The molecule has 0 aliphatic carbocycles. The molecule has 1 atom stereocenters. The van der Waals surface area contributed by atoms with E-state index in [4.69, 9.17) is 16.3 Å². The zero-order chi connectivity index (χ0) is 24.5. The van der Waals surface area contributed by atoms with Crippen molar-refractivity contribution in [3.8, 4) is 5.75 Å². The van der Waals surface area contributed by atoms with Crippen molar-refractivity contribution in [2.75, 3.05) is 6.54 Å². The number of hydrogen-bond donors (Lipinski definition) is 1. The molecule has 1 aliphatic heterocycles. The van der Waals surface area contributed by atoms with Crippen LogP contribution in [0, 0.1) is 11.6 Å². The molecule has 176 valence electrons. The second kappa shape index (κ2) is 9.43. The van der Waals surface area contributed by atoms with Gasteiger partial charge in [0.2, 0.25) is 0 Å². The highest BCUT2D eigenvalue weighted by atomic mass is 35.5. The van der Waals surface area contributed by atoms with Crippen LogP contribution in [-0.2, 0) is 24.2 Å². The van der Waals surface area contributed by atoms with Gasteiger partial charge in [-0.05, 0) is 66.1 Å². The number of amides is 1. The van der Waals surface area contributed by atoms with Gasteiger partial charge in [-0.25, -0.2) is 8.78 Å². The van der Waals surface area contributed by atoms with Gasteiger partial charge in [0.15, 0.2) is 0 Å². The number of fused-ring (bicyclic) bond motifs is 1. The van der Waals surface area contributed by atoms with Crippen LogP contribution in [0.2, 0.25) is 5.02 Å². The molecule has 1 N–H and O–H groups in total. The van der Waals surface area contributed by atoms with Gasteiger partial charge in [0.25, 0.3) is 5.91 Å². The lowest BCUT2D eigenvalue weighted by Crippen LogP contribution is -2.35. The van der Waals surface area contributed by atoms with Gasteiger partial charge in [-0.3, -0.25) is 9.59 Å². The average Bonchev–Trinajstić information content (AvgIpc) is 3.10. The molecular formula is C26H22ClF2NO4. The number of carbonyl (C=O) groups excluding carboxylic acids is 1. The minimum Gasteiger partial charge on any atom is -0.487 e. The standard InChI is InChI=1S/C26H22ClF2NO4/c1-26(12-16-5-7-21(27)22(29)10-16)13-19-11-18(6-8-23(19)34-26)25(33)30(15-24(31)32)14-17-3-2-4-20(28)9-17/h2-11H,12-15H2,1H3,(H,31,32). The Kier molecular flexibility index (Phi) is 6.57. The molecule has 4 rings (SSSR count). The van der Waals surface area contributed by atoms with Crippen molar-refractivity contribution in [3.63, 3.8) is 0 Å². The Bertz CT molecular complexity index is 1270. The number of aliphatic carboxylic acids is 1. The quantitative estimate of drug-likeness (QED) is 0.494. The molecule has 5 nitrogen and oxygen atoms in total. The van der Waals surface area contributed by atoms with Crippen LogP contribution in [0.5, 0.6) is 5.75 Å². The summed E-state index contributed by atoms with van der Waals surface area (Å²) >= 11 is 5.77. The topological polar surface area (TPSA) is 66.8 Å². The van der Waals surface area contributed by atoms with E-state index >= 15 is 0 Å². The van der Waals surface area contributed by atoms with Crippen molar-refractivity contribution in [1.29, 1.82) is 0 Å². The van der Waals surface area contributed by atoms with E-state index in [1.165, 1.54) is 30.3 Å². The predicted octanol–water partition coefficient (Wildman–Crippen LogP) is 5.28. The van der Waals surface area contributed by atoms with Crippen molar-refractivity contribution in [2.45, 2.75) is 31.9 Å². The molecule has 0 saturated carbocycles. The molecule has 0 radical (unpaired) electrons. The van der Waals surface area contributed by atoms with Crippen LogP contribution < -0.4 is 4.74 Å². The third-order valence-electron chi connectivity index (χ3n) is 5.67. The Morgan fingerprint density at radius 2 is 1.88 bits per heavy atom. The van der Waals surface area contributed by atoms with Crippen LogP contribution in [0.1, 0.15) is 34.0 Å². The van der Waals surface area contributed by atoms with E-state index in [9.17, 15) is 23.5 Å². The number of halogens is 3. The van der Waals surface area contributed by atoms with E-state index < -0.39 is 35.7 Å². The Morgan fingerprint density at radius 3 is 2.59 bits per heavy atom. The first-order chi connectivity index (χ1) is 16.1. The van der Waals surface area contributed by atoms with Crippen LogP contribution in [-0.4, -0.2) is 34.0 Å². The molecule has 3 aromatic rings. The van der Waals surface area contributed by atoms with E-state index in [-0.39, 0.29) is 11.6 Å². The van der Waals surface area contributed by atoms with Crippen LogP contribution in [0.15, 0.2) is 60.7 Å². The summed E-state index contributed by atoms with van der Waals surface area (Å²) in [5, 5.41) is 9.34. The van der Waals surface area contributed by atoms with E-state index in [1.54, 1.807) is 30.3 Å². The van der Waals surface area contributed by atoms with E-state index in [1.807, 2.05) is 6.92 Å². The summed E-state index contributed by atoms with van der Waals surface area (Å²) in [5.74, 6) is -2.00. The lowest BCUT2D eigenvalue weighted by molar-refractivity contribution is -0.137. The summed E-state index contributed by atoms with van der Waals surface area (Å²) in [6.07, 6.45) is 0.917. The summed E-state index contributed by atoms with van der Waals surface area (Å²) in [6, 6.07) is 15.3. The number of carboxylic acid groups (broad SMARTS) is 1. The lowest BCUT2D eigenvalue weighted by atomic mass is 9.91. The molecule has 1 amide bonds. The largest absolute Gasteiger partial charge is 0.487 e. The fourth-order valence-corrected chi connectivity index (χ4v) is 4.35. The first kappa shape index (κ1) is 23.7. The summed E-state index contributed by atoms with van der Waals surface area (Å²) in [7, 11) is 0. The van der Waals surface area contributed by atoms with E-state index in [2.05, 4.69) is 0 Å². The Morgan fingerprint density at radius 1 is 1.09 bits per heavy atom. The monoisotopic (exact) mass is 485 g/mol. The molecule has 1 unspecified atom stereocenters. The first-order valence-corrected chi connectivity index (χ1v) is 11.0. The number of nitrogens with zero attached hydrogens (tertiary/aromatic N) is 1. The van der Waals surface area contributed by atoms with Crippen molar-refractivity contribution < 1.29 is 28.2 Å². The highest BCUT2D eigenvalue weighted by Gasteiger charge is 2.36. The van der Waals surface area contributed by atoms with Crippen LogP contribution in [0.4, 0.5) is 8.78 Å². The fourth-order valence-electron chi connectivity index (χ4n) is 4.24. The number of carboxylic acids is 1. The third-order valence-corrected chi connectivity index (χ3v) is 5.97. The number of carbonyl (C=O) groups is 2. The smallest absolute Gasteiger partial charge is 0.323 e. The van der Waals surface area contributed by atoms with Gasteiger partial charge < -0.3 is 14.7 Å². The van der Waals surface area contributed by atoms with Crippen LogP contribution in [0.25, 0.3) is 0 Å². The van der Waals surface area contributed by atoms with Crippen molar-refractivity contribution in [2.24, 2.45) is 0 Å². The van der Waals surface area contributed by atoms with Gasteiger partial charge in [-0.2, -0.15) is 0 Å². The van der Waals surface area contributed by atoms with Gasteiger partial charge in [0, 0.05) is 24.9 Å². The minimum absolute atomic E-state index is 0.0453. The maximum atomic E-state index is 13.8. The first-order valence-electron chi connectivity index (χ1n) is 10.6. The molecule has 0 aromatic heterocycles. The predicted molar refractivity (Wildman–Crippen MR) is 123 cm³/mol. The minimum atomic E-state index is -1.17. The number of ether oxygens (including phenoxy) is 1. The van der Waals surface area contributed by atoms with Crippen molar-refractivity contribution in [1.82, 2.24) is 4.90 Å². The molecule has 34 heavy (non-hydrogen) atoms. The highest BCUT2D eigenvalue weighted by Crippen LogP contribution is 2.38. The molecular weight excluding hydrogens is 464 g/mol. The van der Waals surface area contributed by atoms with Gasteiger partial charge in [0.05, 0.1) is 5.02 Å². The van der Waals surface area contributed by atoms with Crippen LogP contribution >= 0.6 is 11.6 Å². The molecule has 0 bridgehead atoms. The highest BCUT2D eigenvalue weighted by molar-refractivity contribution is 6.30. The number of hydrogen-bond acceptors (Lipinski definition) is 3. The SMILES string of the molecule is CC1(Cc2ccc(Cl)c(F)c2)Cc2cc(C(=O)N(CC(=O)O)Cc3cccc(F)c3)ccc2O1. The normalized spacial score (nSPS) is 16.6. The van der Waals surface area contributed by atoms with Gasteiger partial charge in [-0.15, -0.1) is 0 Å². The third kappa shape index (κ3) is 5.37. The van der Waals surface area contributed by atoms with Crippen LogP contribution in [0.3, 0.4) is 0 Å². The fraction of sp³-hybridized carbons (Fsp3) is 0.231. The molecule has 8 heteroatoms. The van der Waals surface area contributed by atoms with Gasteiger partial charge >= 0.3 is 5.97 Å². The lowest BCUT2D eigenvalue weighted by Gasteiger charge is -2.24.